The molecule has 0 bridgehead atoms. The number of rotatable bonds is 6. The zero-order valence-electron chi connectivity index (χ0n) is 14.1. The third-order valence-corrected chi connectivity index (χ3v) is 4.72. The second-order valence-corrected chi connectivity index (χ2v) is 7.31. The first-order valence-corrected chi connectivity index (χ1v) is 8.11. The van der Waals surface area contributed by atoms with E-state index in [-0.39, 0.29) is 11.5 Å². The molecule has 0 aromatic rings. The second-order valence-electron chi connectivity index (χ2n) is 7.31. The van der Waals surface area contributed by atoms with Crippen molar-refractivity contribution >= 4 is 0 Å². The van der Waals surface area contributed by atoms with Crippen molar-refractivity contribution in [3.63, 3.8) is 0 Å². The van der Waals surface area contributed by atoms with Gasteiger partial charge in [-0.3, -0.25) is 4.90 Å². The van der Waals surface area contributed by atoms with E-state index in [0.29, 0.717) is 18.5 Å². The van der Waals surface area contributed by atoms with Crippen LogP contribution in [-0.4, -0.2) is 42.8 Å². The smallest absolute Gasteiger partial charge is 0.313 e. The summed E-state index contributed by atoms with van der Waals surface area (Å²) < 4.78 is 38.3. The Morgan fingerprint density at radius 1 is 1.29 bits per heavy atom. The third kappa shape index (κ3) is 5.78. The zero-order chi connectivity index (χ0) is 16.3. The van der Waals surface area contributed by atoms with Crippen LogP contribution >= 0.6 is 0 Å². The summed E-state index contributed by atoms with van der Waals surface area (Å²) in [6.07, 6.45) is -0.857. The molecule has 1 saturated carbocycles. The summed E-state index contributed by atoms with van der Waals surface area (Å²) in [6.45, 7) is 10.8. The standard InChI is InChI=1S/C16H31F3N2/c1-6-20-14-13(8-7-9-15(14,4)5)10-21(12(2)3)11-16(17,18)19/h12-14,20H,6-11H2,1-5H3. The minimum atomic E-state index is -4.12. The summed E-state index contributed by atoms with van der Waals surface area (Å²) in [5.41, 5.74) is 0.153. The summed E-state index contributed by atoms with van der Waals surface area (Å²) in [7, 11) is 0. The van der Waals surface area contributed by atoms with Crippen molar-refractivity contribution in [1.29, 1.82) is 0 Å². The van der Waals surface area contributed by atoms with Gasteiger partial charge in [0.2, 0.25) is 0 Å². The molecule has 0 amide bonds. The minimum Gasteiger partial charge on any atom is -0.313 e. The maximum atomic E-state index is 12.8. The first-order valence-electron chi connectivity index (χ1n) is 8.11. The van der Waals surface area contributed by atoms with Gasteiger partial charge in [-0.25, -0.2) is 0 Å². The van der Waals surface area contributed by atoms with Crippen molar-refractivity contribution < 1.29 is 13.2 Å². The van der Waals surface area contributed by atoms with E-state index < -0.39 is 12.7 Å². The highest BCUT2D eigenvalue weighted by Gasteiger charge is 2.40. The zero-order valence-corrected chi connectivity index (χ0v) is 14.1. The fourth-order valence-corrected chi connectivity index (χ4v) is 3.63. The van der Waals surface area contributed by atoms with Crippen LogP contribution in [0.15, 0.2) is 0 Å². The van der Waals surface area contributed by atoms with E-state index in [4.69, 9.17) is 0 Å². The minimum absolute atomic E-state index is 0.0843. The van der Waals surface area contributed by atoms with Crippen molar-refractivity contribution in [2.45, 2.75) is 72.1 Å². The molecule has 2 unspecified atom stereocenters. The van der Waals surface area contributed by atoms with Crippen LogP contribution in [0.2, 0.25) is 0 Å². The molecule has 1 fully saturated rings. The third-order valence-electron chi connectivity index (χ3n) is 4.72. The lowest BCUT2D eigenvalue weighted by Crippen LogP contribution is -2.54. The van der Waals surface area contributed by atoms with Gasteiger partial charge in [-0.2, -0.15) is 13.2 Å². The number of halogens is 3. The summed E-state index contributed by atoms with van der Waals surface area (Å²) >= 11 is 0. The Morgan fingerprint density at radius 3 is 2.38 bits per heavy atom. The Kier molecular flexibility index (Phi) is 6.54. The van der Waals surface area contributed by atoms with Crippen LogP contribution in [0.4, 0.5) is 13.2 Å². The summed E-state index contributed by atoms with van der Waals surface area (Å²) in [6, 6.07) is 0.213. The molecular weight excluding hydrogens is 277 g/mol. The normalized spacial score (nSPS) is 26.6. The molecular formula is C16H31F3N2. The van der Waals surface area contributed by atoms with Gasteiger partial charge in [0.15, 0.2) is 0 Å². The quantitative estimate of drug-likeness (QED) is 0.796. The predicted octanol–water partition coefficient (Wildman–Crippen LogP) is 4.06. The Labute approximate surface area is 127 Å². The molecule has 1 aliphatic rings. The van der Waals surface area contributed by atoms with Gasteiger partial charge in [0.05, 0.1) is 6.54 Å². The lowest BCUT2D eigenvalue weighted by molar-refractivity contribution is -0.152. The summed E-state index contributed by atoms with van der Waals surface area (Å²) in [4.78, 5) is 1.58. The topological polar surface area (TPSA) is 15.3 Å². The highest BCUT2D eigenvalue weighted by atomic mass is 19.4. The monoisotopic (exact) mass is 308 g/mol. The van der Waals surface area contributed by atoms with Crippen LogP contribution < -0.4 is 5.32 Å². The Bertz CT molecular complexity index is 313. The molecule has 1 aliphatic carbocycles. The molecule has 1 rings (SSSR count). The number of hydrogen-bond acceptors (Lipinski definition) is 2. The van der Waals surface area contributed by atoms with E-state index in [2.05, 4.69) is 26.1 Å². The van der Waals surface area contributed by atoms with E-state index >= 15 is 0 Å². The molecule has 0 aromatic heterocycles. The van der Waals surface area contributed by atoms with Gasteiger partial charge in [0, 0.05) is 18.6 Å². The second kappa shape index (κ2) is 7.32. The predicted molar refractivity (Wildman–Crippen MR) is 81.4 cm³/mol. The van der Waals surface area contributed by atoms with Crippen LogP contribution in [0.5, 0.6) is 0 Å². The van der Waals surface area contributed by atoms with Gasteiger partial charge in [-0.1, -0.05) is 27.2 Å². The van der Waals surface area contributed by atoms with Crippen molar-refractivity contribution in [3.05, 3.63) is 0 Å². The molecule has 126 valence electrons. The molecule has 0 saturated heterocycles. The van der Waals surface area contributed by atoms with Gasteiger partial charge in [-0.05, 0) is 44.6 Å². The van der Waals surface area contributed by atoms with Crippen molar-refractivity contribution in [3.8, 4) is 0 Å². The van der Waals surface area contributed by atoms with Crippen LogP contribution in [-0.2, 0) is 0 Å². The number of nitrogens with one attached hydrogen (secondary N) is 1. The van der Waals surface area contributed by atoms with Gasteiger partial charge in [0.25, 0.3) is 0 Å². The molecule has 1 N–H and O–H groups in total. The lowest BCUT2D eigenvalue weighted by atomic mass is 9.67. The largest absolute Gasteiger partial charge is 0.401 e. The van der Waals surface area contributed by atoms with Gasteiger partial charge < -0.3 is 5.32 Å². The highest BCUT2D eigenvalue weighted by Crippen LogP contribution is 2.39. The molecule has 2 atom stereocenters. The first kappa shape index (κ1) is 18.8. The lowest BCUT2D eigenvalue weighted by Gasteiger charge is -2.46. The van der Waals surface area contributed by atoms with Crippen LogP contribution in [0.1, 0.15) is 53.9 Å². The van der Waals surface area contributed by atoms with E-state index in [9.17, 15) is 13.2 Å². The van der Waals surface area contributed by atoms with Crippen LogP contribution in [0, 0.1) is 11.3 Å². The van der Waals surface area contributed by atoms with Crippen LogP contribution in [0.25, 0.3) is 0 Å². The number of nitrogens with zero attached hydrogens (tertiary/aromatic N) is 1. The maximum absolute atomic E-state index is 12.8. The molecule has 0 spiro atoms. The average Bonchev–Trinajstić information content (AvgIpc) is 2.30. The Balaban J connectivity index is 2.79. The molecule has 5 heteroatoms. The summed E-state index contributed by atoms with van der Waals surface area (Å²) in [5.74, 6) is 0.290. The fraction of sp³-hybridized carbons (Fsp3) is 1.00. The van der Waals surface area contributed by atoms with E-state index in [0.717, 1.165) is 25.8 Å². The maximum Gasteiger partial charge on any atom is 0.401 e. The van der Waals surface area contributed by atoms with E-state index in [1.54, 1.807) is 4.90 Å². The number of alkyl halides is 3. The molecule has 0 aromatic carbocycles. The molecule has 0 radical (unpaired) electrons. The first-order chi connectivity index (χ1) is 9.57. The Morgan fingerprint density at radius 2 is 1.90 bits per heavy atom. The Hall–Kier alpha value is -0.290. The van der Waals surface area contributed by atoms with Gasteiger partial charge in [0.1, 0.15) is 0 Å². The van der Waals surface area contributed by atoms with E-state index in [1.165, 1.54) is 0 Å². The van der Waals surface area contributed by atoms with Gasteiger partial charge >= 0.3 is 6.18 Å². The number of hydrogen-bond donors (Lipinski definition) is 1. The van der Waals surface area contributed by atoms with E-state index in [1.807, 2.05) is 13.8 Å². The molecule has 21 heavy (non-hydrogen) atoms. The average molecular weight is 308 g/mol. The molecule has 0 aliphatic heterocycles. The SMILES string of the molecule is CCNC1C(CN(CC(F)(F)F)C(C)C)CCCC1(C)C. The molecule has 0 heterocycles. The fourth-order valence-electron chi connectivity index (χ4n) is 3.63. The highest BCUT2D eigenvalue weighted by molar-refractivity contribution is 4.94. The van der Waals surface area contributed by atoms with Crippen molar-refractivity contribution in [2.24, 2.45) is 11.3 Å². The summed E-state index contributed by atoms with van der Waals surface area (Å²) in [5, 5.41) is 3.52. The molecule has 2 nitrogen and oxygen atoms in total. The van der Waals surface area contributed by atoms with Crippen LogP contribution in [0.3, 0.4) is 0 Å². The van der Waals surface area contributed by atoms with Gasteiger partial charge in [-0.15, -0.1) is 0 Å². The van der Waals surface area contributed by atoms with Crippen molar-refractivity contribution in [2.75, 3.05) is 19.6 Å². The van der Waals surface area contributed by atoms with Crippen molar-refractivity contribution in [1.82, 2.24) is 10.2 Å².